The minimum atomic E-state index is -0.933. The van der Waals surface area contributed by atoms with E-state index >= 15 is 0 Å². The summed E-state index contributed by atoms with van der Waals surface area (Å²) in [6.07, 6.45) is 8.17. The van der Waals surface area contributed by atoms with Gasteiger partial charge in [0.25, 0.3) is 5.56 Å². The summed E-state index contributed by atoms with van der Waals surface area (Å²) in [6.45, 7) is 8.63. The van der Waals surface area contributed by atoms with Gasteiger partial charge in [-0.3, -0.25) is 4.79 Å². The standard InChI is InChI=1S/C36H41N5O3/c1-23(2)43-22-36(44-27-11-12-27,26-8-6-5-7-9-26)33-29-20-25(30-21-40(4)34(42)32-28(30)14-17-37-32)10-13-31(29)38-35(39-33)41-18-15-24(3)16-19-41/h5-10,13-14,17,20-21,23-24,27,37H,11-12,15-16,18-19,22H2,1-4H3/t36-/m0/s1. The summed E-state index contributed by atoms with van der Waals surface area (Å²) in [6, 6.07) is 18.7. The number of anilines is 1. The van der Waals surface area contributed by atoms with E-state index in [1.165, 1.54) is 0 Å². The average Bonchev–Trinajstić information content (AvgIpc) is 3.72. The number of ether oxygens (including phenoxy) is 2. The van der Waals surface area contributed by atoms with Crippen molar-refractivity contribution in [1.29, 1.82) is 0 Å². The molecule has 0 radical (unpaired) electrons. The van der Waals surface area contributed by atoms with Crippen LogP contribution in [0.25, 0.3) is 32.9 Å². The number of fused-ring (bicyclic) bond motifs is 2. The molecule has 0 unspecified atom stereocenters. The van der Waals surface area contributed by atoms with E-state index < -0.39 is 5.60 Å². The van der Waals surface area contributed by atoms with E-state index in [1.807, 2.05) is 24.5 Å². The molecule has 1 N–H and O–H groups in total. The number of hydrogen-bond acceptors (Lipinski definition) is 6. The van der Waals surface area contributed by atoms with Crippen LogP contribution in [0.1, 0.15) is 57.7 Å². The lowest BCUT2D eigenvalue weighted by Crippen LogP contribution is -2.40. The van der Waals surface area contributed by atoms with E-state index in [0.717, 1.165) is 83.4 Å². The van der Waals surface area contributed by atoms with E-state index in [0.29, 0.717) is 18.0 Å². The summed E-state index contributed by atoms with van der Waals surface area (Å²) in [5.41, 5.74) is 4.28. The van der Waals surface area contributed by atoms with Crippen LogP contribution in [0.3, 0.4) is 0 Å². The SMILES string of the molecule is CC1CCN(c2nc([C@@](COC(C)C)(OC3CC3)c3ccccc3)c3cc(-c4cn(C)c(=O)c5[nH]ccc45)ccc3n2)CC1. The molecule has 5 aromatic rings. The zero-order valence-corrected chi connectivity index (χ0v) is 26.0. The van der Waals surface area contributed by atoms with Gasteiger partial charge in [0.15, 0.2) is 5.60 Å². The van der Waals surface area contributed by atoms with Crippen molar-refractivity contribution >= 4 is 27.8 Å². The molecule has 44 heavy (non-hydrogen) atoms. The highest BCUT2D eigenvalue weighted by molar-refractivity contribution is 5.97. The summed E-state index contributed by atoms with van der Waals surface area (Å²) in [4.78, 5) is 28.9. The molecular weight excluding hydrogens is 550 g/mol. The van der Waals surface area contributed by atoms with Crippen LogP contribution in [0.5, 0.6) is 0 Å². The number of hydrogen-bond donors (Lipinski definition) is 1. The Balaban J connectivity index is 1.50. The Labute approximate surface area is 258 Å². The second kappa shape index (κ2) is 11.5. The van der Waals surface area contributed by atoms with E-state index in [2.05, 4.69) is 73.1 Å². The molecular formula is C36H41N5O3. The van der Waals surface area contributed by atoms with E-state index in [4.69, 9.17) is 19.4 Å². The summed E-state index contributed by atoms with van der Waals surface area (Å²) in [5.74, 6) is 1.44. The first kappa shape index (κ1) is 28.7. The van der Waals surface area contributed by atoms with Crippen LogP contribution in [-0.2, 0) is 22.1 Å². The fraction of sp³-hybridized carbons (Fsp3) is 0.417. The average molecular weight is 592 g/mol. The number of nitrogens with zero attached hydrogens (tertiary/aromatic N) is 4. The van der Waals surface area contributed by atoms with Gasteiger partial charge in [-0.15, -0.1) is 0 Å². The van der Waals surface area contributed by atoms with Gasteiger partial charge in [-0.2, -0.15) is 0 Å². The van der Waals surface area contributed by atoms with Crippen molar-refractivity contribution in [2.75, 3.05) is 24.6 Å². The Morgan fingerprint density at radius 1 is 1.00 bits per heavy atom. The molecule has 1 saturated carbocycles. The lowest BCUT2D eigenvalue weighted by Gasteiger charge is -2.37. The maximum Gasteiger partial charge on any atom is 0.274 e. The van der Waals surface area contributed by atoms with Gasteiger partial charge in [0.05, 0.1) is 30.0 Å². The topological polar surface area (TPSA) is 85.3 Å². The van der Waals surface area contributed by atoms with Gasteiger partial charge in [-0.25, -0.2) is 9.97 Å². The number of pyridine rings is 1. The fourth-order valence-electron chi connectivity index (χ4n) is 6.35. The molecule has 8 nitrogen and oxygen atoms in total. The number of aromatic amines is 1. The van der Waals surface area contributed by atoms with Crippen molar-refractivity contribution in [1.82, 2.24) is 19.5 Å². The molecule has 8 heteroatoms. The zero-order valence-electron chi connectivity index (χ0n) is 26.0. The largest absolute Gasteiger partial charge is 0.375 e. The quantitative estimate of drug-likeness (QED) is 0.209. The van der Waals surface area contributed by atoms with Crippen molar-refractivity contribution < 1.29 is 9.47 Å². The number of aromatic nitrogens is 4. The van der Waals surface area contributed by atoms with Crippen LogP contribution in [-0.4, -0.2) is 51.4 Å². The minimum Gasteiger partial charge on any atom is -0.375 e. The minimum absolute atomic E-state index is 0.0140. The van der Waals surface area contributed by atoms with E-state index in [9.17, 15) is 4.79 Å². The summed E-state index contributed by atoms with van der Waals surface area (Å²) < 4.78 is 15.2. The molecule has 0 bridgehead atoms. The number of H-pyrrole nitrogens is 1. The van der Waals surface area contributed by atoms with Crippen LogP contribution in [0, 0.1) is 5.92 Å². The first-order valence-corrected chi connectivity index (χ1v) is 15.9. The third kappa shape index (κ3) is 5.30. The normalized spacial score (nSPS) is 17.5. The molecule has 0 amide bonds. The smallest absolute Gasteiger partial charge is 0.274 e. The van der Waals surface area contributed by atoms with Gasteiger partial charge in [0.1, 0.15) is 5.52 Å². The van der Waals surface area contributed by atoms with Gasteiger partial charge in [-0.1, -0.05) is 43.3 Å². The summed E-state index contributed by atoms with van der Waals surface area (Å²) >= 11 is 0. The third-order valence-electron chi connectivity index (χ3n) is 9.09. The first-order chi connectivity index (χ1) is 21.3. The second-order valence-corrected chi connectivity index (χ2v) is 12.9. The first-order valence-electron chi connectivity index (χ1n) is 15.9. The number of benzene rings is 2. The highest BCUT2D eigenvalue weighted by atomic mass is 16.6. The molecule has 1 atom stereocenters. The van der Waals surface area contributed by atoms with E-state index in [-0.39, 0.29) is 17.8 Å². The Bertz CT molecular complexity index is 1850. The number of nitrogens with one attached hydrogen (secondary N) is 1. The molecule has 0 spiro atoms. The molecule has 228 valence electrons. The van der Waals surface area contributed by atoms with Gasteiger partial charge in [0.2, 0.25) is 5.95 Å². The van der Waals surface area contributed by atoms with Crippen molar-refractivity contribution in [2.45, 2.75) is 64.3 Å². The van der Waals surface area contributed by atoms with E-state index in [1.54, 1.807) is 11.6 Å². The number of aryl methyl sites for hydroxylation is 1. The second-order valence-electron chi connectivity index (χ2n) is 12.9. The third-order valence-corrected chi connectivity index (χ3v) is 9.09. The van der Waals surface area contributed by atoms with Crippen LogP contribution < -0.4 is 10.5 Å². The zero-order chi connectivity index (χ0) is 30.4. The lowest BCUT2D eigenvalue weighted by molar-refractivity contribution is -0.0990. The molecule has 4 heterocycles. The van der Waals surface area contributed by atoms with Crippen molar-refractivity contribution in [3.05, 3.63) is 88.6 Å². The molecule has 7 rings (SSSR count). The summed E-state index contributed by atoms with van der Waals surface area (Å²) in [7, 11) is 1.79. The molecule has 1 aliphatic carbocycles. The predicted octanol–water partition coefficient (Wildman–Crippen LogP) is 6.56. The van der Waals surface area contributed by atoms with Gasteiger partial charge in [-0.05, 0) is 74.8 Å². The summed E-state index contributed by atoms with van der Waals surface area (Å²) in [5, 5.41) is 1.81. The van der Waals surface area contributed by atoms with Crippen LogP contribution in [0.2, 0.25) is 0 Å². The highest BCUT2D eigenvalue weighted by Crippen LogP contribution is 2.44. The maximum atomic E-state index is 12.8. The fourth-order valence-corrected chi connectivity index (χ4v) is 6.35. The van der Waals surface area contributed by atoms with Gasteiger partial charge in [0, 0.05) is 48.9 Å². The van der Waals surface area contributed by atoms with Crippen molar-refractivity contribution in [2.24, 2.45) is 13.0 Å². The van der Waals surface area contributed by atoms with Gasteiger partial charge >= 0.3 is 0 Å². The predicted molar refractivity (Wildman–Crippen MR) is 175 cm³/mol. The van der Waals surface area contributed by atoms with Crippen LogP contribution >= 0.6 is 0 Å². The lowest BCUT2D eigenvalue weighted by atomic mass is 9.87. The van der Waals surface area contributed by atoms with Gasteiger partial charge < -0.3 is 23.9 Å². The van der Waals surface area contributed by atoms with Crippen LogP contribution in [0.15, 0.2) is 71.8 Å². The molecule has 2 aromatic carbocycles. The number of piperidine rings is 1. The van der Waals surface area contributed by atoms with Crippen molar-refractivity contribution in [3.63, 3.8) is 0 Å². The van der Waals surface area contributed by atoms with Crippen LogP contribution in [0.4, 0.5) is 5.95 Å². The van der Waals surface area contributed by atoms with Crippen molar-refractivity contribution in [3.8, 4) is 11.1 Å². The monoisotopic (exact) mass is 591 g/mol. The maximum absolute atomic E-state index is 12.8. The Morgan fingerprint density at radius 2 is 1.77 bits per heavy atom. The highest BCUT2D eigenvalue weighted by Gasteiger charge is 2.44. The molecule has 2 fully saturated rings. The molecule has 3 aromatic heterocycles. The Kier molecular flexibility index (Phi) is 7.50. The Morgan fingerprint density at radius 3 is 2.50 bits per heavy atom. The molecule has 1 saturated heterocycles. The molecule has 1 aliphatic heterocycles. The Hall–Kier alpha value is -4.01. The molecule has 2 aliphatic rings. The number of rotatable bonds is 9.